The van der Waals surface area contributed by atoms with Crippen molar-refractivity contribution in [2.24, 2.45) is 0 Å². The van der Waals surface area contributed by atoms with Crippen LogP contribution in [-0.4, -0.2) is 38.3 Å². The van der Waals surface area contributed by atoms with Gasteiger partial charge >= 0.3 is 0 Å². The van der Waals surface area contributed by atoms with E-state index in [-0.39, 0.29) is 23.2 Å². The van der Waals surface area contributed by atoms with Crippen LogP contribution in [0.2, 0.25) is 0 Å². The van der Waals surface area contributed by atoms with Crippen LogP contribution in [0.25, 0.3) is 0 Å². The van der Waals surface area contributed by atoms with Crippen LogP contribution in [0.1, 0.15) is 38.2 Å². The maximum atomic E-state index is 12.2. The van der Waals surface area contributed by atoms with Gasteiger partial charge in [-0.2, -0.15) is 0 Å². The Morgan fingerprint density at radius 3 is 2.33 bits per heavy atom. The summed E-state index contributed by atoms with van der Waals surface area (Å²) in [4.78, 5) is 25.8. The summed E-state index contributed by atoms with van der Waals surface area (Å²) in [5.74, 6) is -0.492. The molecule has 0 radical (unpaired) electrons. The Morgan fingerprint density at radius 1 is 1.14 bits per heavy atom. The average Bonchev–Trinajstić information content (AvgIpc) is 3.03. The molecule has 2 aromatic rings. The van der Waals surface area contributed by atoms with Crippen molar-refractivity contribution in [1.82, 2.24) is 19.9 Å². The molecule has 0 fully saturated rings. The molecule has 2 heterocycles. The van der Waals surface area contributed by atoms with Gasteiger partial charge < -0.3 is 0 Å². The molecule has 1 aromatic carbocycles. The summed E-state index contributed by atoms with van der Waals surface area (Å²) in [6.07, 6.45) is 1.67. The van der Waals surface area contributed by atoms with E-state index in [1.807, 2.05) is 6.92 Å². The standard InChI is InChI=1S/C14H13BrN4O2/c1-9(15)12-8-16-17-19(12)7-6-18-13(20)10-4-2-3-5-11(10)14(18)21/h2-5,8-9H,6-7H2,1H3. The second kappa shape index (κ2) is 5.40. The Morgan fingerprint density at radius 2 is 1.76 bits per heavy atom. The summed E-state index contributed by atoms with van der Waals surface area (Å²) in [5, 5.41) is 7.85. The highest BCUT2D eigenvalue weighted by Gasteiger charge is 2.34. The van der Waals surface area contributed by atoms with Crippen molar-refractivity contribution in [3.63, 3.8) is 0 Å². The molecule has 6 nitrogen and oxygen atoms in total. The highest BCUT2D eigenvalue weighted by atomic mass is 79.9. The van der Waals surface area contributed by atoms with E-state index in [4.69, 9.17) is 0 Å². The Balaban J connectivity index is 1.77. The summed E-state index contributed by atoms with van der Waals surface area (Å²) in [6, 6.07) is 6.87. The van der Waals surface area contributed by atoms with Gasteiger partial charge in [0.25, 0.3) is 11.8 Å². The number of imide groups is 1. The zero-order chi connectivity index (χ0) is 15.0. The normalized spacial score (nSPS) is 15.4. The first-order valence-corrected chi connectivity index (χ1v) is 7.49. The number of carbonyl (C=O) groups is 2. The quantitative estimate of drug-likeness (QED) is 0.626. The molecule has 1 unspecified atom stereocenters. The van der Waals surface area contributed by atoms with E-state index in [1.165, 1.54) is 4.90 Å². The maximum absolute atomic E-state index is 12.2. The van der Waals surface area contributed by atoms with Crippen molar-refractivity contribution in [3.8, 4) is 0 Å². The number of alkyl halides is 1. The van der Waals surface area contributed by atoms with Crippen molar-refractivity contribution in [2.75, 3.05) is 6.54 Å². The molecule has 0 aliphatic carbocycles. The zero-order valence-electron chi connectivity index (χ0n) is 11.4. The van der Waals surface area contributed by atoms with Crippen molar-refractivity contribution >= 4 is 27.7 Å². The first-order chi connectivity index (χ1) is 10.1. The molecule has 1 aliphatic heterocycles. The van der Waals surface area contributed by atoms with Gasteiger partial charge in [-0.25, -0.2) is 4.68 Å². The minimum atomic E-state index is -0.246. The third kappa shape index (κ3) is 2.37. The predicted octanol–water partition coefficient (Wildman–Crippen LogP) is 2.03. The second-order valence-electron chi connectivity index (χ2n) is 4.81. The van der Waals surface area contributed by atoms with Crippen LogP contribution in [0, 0.1) is 0 Å². The molecule has 0 saturated carbocycles. The monoisotopic (exact) mass is 348 g/mol. The topological polar surface area (TPSA) is 68.1 Å². The molecule has 3 rings (SSSR count). The van der Waals surface area contributed by atoms with Crippen LogP contribution < -0.4 is 0 Å². The number of nitrogens with zero attached hydrogens (tertiary/aromatic N) is 4. The number of aromatic nitrogens is 3. The Labute approximate surface area is 129 Å². The number of carbonyl (C=O) groups excluding carboxylic acids is 2. The molecule has 0 spiro atoms. The molecule has 0 N–H and O–H groups in total. The van der Waals surface area contributed by atoms with Gasteiger partial charge in [-0.3, -0.25) is 14.5 Å². The minimum Gasteiger partial charge on any atom is -0.272 e. The molecule has 21 heavy (non-hydrogen) atoms. The smallest absolute Gasteiger partial charge is 0.261 e. The minimum absolute atomic E-state index is 0.106. The van der Waals surface area contributed by atoms with Crippen LogP contribution in [0.15, 0.2) is 30.5 Å². The molecule has 2 amide bonds. The maximum Gasteiger partial charge on any atom is 0.261 e. The fourth-order valence-corrected chi connectivity index (χ4v) is 2.74. The van der Waals surface area contributed by atoms with Crippen LogP contribution in [-0.2, 0) is 6.54 Å². The Bertz CT molecular complexity index is 676. The lowest BCUT2D eigenvalue weighted by atomic mass is 10.1. The second-order valence-corrected chi connectivity index (χ2v) is 6.18. The predicted molar refractivity (Wildman–Crippen MR) is 79.2 cm³/mol. The average molecular weight is 349 g/mol. The number of hydrogen-bond donors (Lipinski definition) is 0. The van der Waals surface area contributed by atoms with Gasteiger partial charge in [0.05, 0.1) is 34.4 Å². The van der Waals surface area contributed by atoms with Crippen LogP contribution in [0.4, 0.5) is 0 Å². The molecule has 108 valence electrons. The first kappa shape index (κ1) is 13.9. The van der Waals surface area contributed by atoms with Crippen LogP contribution in [0.3, 0.4) is 0 Å². The number of rotatable bonds is 4. The van der Waals surface area contributed by atoms with Crippen LogP contribution in [0.5, 0.6) is 0 Å². The Kier molecular flexibility index (Phi) is 3.59. The lowest BCUT2D eigenvalue weighted by molar-refractivity contribution is 0.0647. The number of halogens is 1. The van der Waals surface area contributed by atoms with Gasteiger partial charge in [0.2, 0.25) is 0 Å². The summed E-state index contributed by atoms with van der Waals surface area (Å²) < 4.78 is 1.70. The molecule has 1 aliphatic rings. The van der Waals surface area contributed by atoms with E-state index in [1.54, 1.807) is 35.1 Å². The van der Waals surface area contributed by atoms with Crippen LogP contribution >= 0.6 is 15.9 Å². The Hall–Kier alpha value is -2.02. The van der Waals surface area contributed by atoms with Crippen molar-refractivity contribution in [3.05, 3.63) is 47.3 Å². The number of benzene rings is 1. The fraction of sp³-hybridized carbons (Fsp3) is 0.286. The van der Waals surface area contributed by atoms with E-state index in [9.17, 15) is 9.59 Å². The lowest BCUT2D eigenvalue weighted by Crippen LogP contribution is -2.33. The van der Waals surface area contributed by atoms with Gasteiger partial charge in [-0.1, -0.05) is 33.3 Å². The third-order valence-electron chi connectivity index (χ3n) is 3.47. The number of hydrogen-bond acceptors (Lipinski definition) is 4. The van der Waals surface area contributed by atoms with Gasteiger partial charge in [0.1, 0.15) is 0 Å². The molecular weight excluding hydrogens is 336 g/mol. The summed E-state index contributed by atoms with van der Waals surface area (Å²) in [5.41, 5.74) is 1.84. The van der Waals surface area contributed by atoms with Gasteiger partial charge in [-0.15, -0.1) is 5.10 Å². The van der Waals surface area contributed by atoms with Gasteiger partial charge in [-0.05, 0) is 19.1 Å². The molecule has 1 aromatic heterocycles. The fourth-order valence-electron chi connectivity index (χ4n) is 2.38. The highest BCUT2D eigenvalue weighted by Crippen LogP contribution is 2.23. The SMILES string of the molecule is CC(Br)c1cnnn1CCN1C(=O)c2ccccc2C1=O. The van der Waals surface area contributed by atoms with E-state index >= 15 is 0 Å². The molecular formula is C14H13BrN4O2. The summed E-state index contributed by atoms with van der Waals surface area (Å²) in [7, 11) is 0. The molecule has 0 bridgehead atoms. The largest absolute Gasteiger partial charge is 0.272 e. The molecule has 0 saturated heterocycles. The summed E-state index contributed by atoms with van der Waals surface area (Å²) >= 11 is 3.46. The molecule has 1 atom stereocenters. The van der Waals surface area contributed by atoms with E-state index < -0.39 is 0 Å². The van der Waals surface area contributed by atoms with Crippen molar-refractivity contribution < 1.29 is 9.59 Å². The number of amides is 2. The van der Waals surface area contributed by atoms with Gasteiger partial charge in [0, 0.05) is 6.54 Å². The lowest BCUT2D eigenvalue weighted by Gasteiger charge is -2.15. The van der Waals surface area contributed by atoms with Crippen molar-refractivity contribution in [1.29, 1.82) is 0 Å². The third-order valence-corrected chi connectivity index (χ3v) is 3.94. The van der Waals surface area contributed by atoms with Gasteiger partial charge in [0.15, 0.2) is 0 Å². The van der Waals surface area contributed by atoms with E-state index in [0.717, 1.165) is 5.69 Å². The number of fused-ring (bicyclic) bond motifs is 1. The van der Waals surface area contributed by atoms with E-state index in [2.05, 4.69) is 26.2 Å². The highest BCUT2D eigenvalue weighted by molar-refractivity contribution is 9.09. The van der Waals surface area contributed by atoms with E-state index in [0.29, 0.717) is 17.7 Å². The summed E-state index contributed by atoms with van der Waals surface area (Å²) in [6.45, 7) is 2.68. The first-order valence-electron chi connectivity index (χ1n) is 6.57. The molecule has 7 heteroatoms. The zero-order valence-corrected chi connectivity index (χ0v) is 12.9. The van der Waals surface area contributed by atoms with Crippen molar-refractivity contribution in [2.45, 2.75) is 18.3 Å².